The molecule has 30 heavy (non-hydrogen) atoms. The maximum absolute atomic E-state index is 5.34. The third kappa shape index (κ3) is 1.99. The zero-order valence-corrected chi connectivity index (χ0v) is 19.0. The maximum Gasteiger partial charge on any atom is 0.146 e. The summed E-state index contributed by atoms with van der Waals surface area (Å²) in [7, 11) is -1.19. The van der Waals surface area contributed by atoms with Crippen molar-refractivity contribution in [3.8, 4) is 11.3 Å². The highest BCUT2D eigenvalue weighted by Crippen LogP contribution is 2.69. The Bertz CT molecular complexity index is 1490. The molecule has 0 bridgehead atoms. The van der Waals surface area contributed by atoms with Gasteiger partial charge in [-0.05, 0) is 49.8 Å². The van der Waals surface area contributed by atoms with Crippen molar-refractivity contribution in [3.63, 3.8) is 0 Å². The topological polar surface area (TPSA) is 17.3 Å². The normalized spacial score (nSPS) is 17.8. The van der Waals surface area contributed by atoms with Gasteiger partial charge in [-0.25, -0.2) is 4.98 Å². The van der Waals surface area contributed by atoms with Crippen LogP contribution in [0.5, 0.6) is 0 Å². The van der Waals surface area contributed by atoms with Crippen LogP contribution >= 0.6 is 10.0 Å². The van der Waals surface area contributed by atoms with Gasteiger partial charge in [-0.2, -0.15) is 10.0 Å². The van der Waals surface area contributed by atoms with E-state index in [1.54, 1.807) is 0 Å². The lowest BCUT2D eigenvalue weighted by Gasteiger charge is -2.50. The number of fused-ring (bicyclic) bond motifs is 3. The van der Waals surface area contributed by atoms with Gasteiger partial charge in [0.25, 0.3) is 0 Å². The van der Waals surface area contributed by atoms with E-state index in [-0.39, 0.29) is 4.75 Å². The van der Waals surface area contributed by atoms with Crippen LogP contribution in [0.3, 0.4) is 0 Å². The van der Waals surface area contributed by atoms with Crippen molar-refractivity contribution in [2.24, 2.45) is 0 Å². The van der Waals surface area contributed by atoms with Crippen molar-refractivity contribution in [2.45, 2.75) is 30.5 Å². The van der Waals surface area contributed by atoms with E-state index in [2.05, 4.69) is 104 Å². The Kier molecular flexibility index (Phi) is 3.41. The van der Waals surface area contributed by atoms with Gasteiger partial charge in [0.1, 0.15) is 11.3 Å². The van der Waals surface area contributed by atoms with Crippen molar-refractivity contribution in [3.05, 3.63) is 77.9 Å². The summed E-state index contributed by atoms with van der Waals surface area (Å²) in [5.41, 5.74) is 7.58. The fourth-order valence-corrected chi connectivity index (χ4v) is 7.69. The highest BCUT2D eigenvalue weighted by Gasteiger charge is 2.45. The Morgan fingerprint density at radius 3 is 2.23 bits per heavy atom. The van der Waals surface area contributed by atoms with Crippen LogP contribution in [0.1, 0.15) is 25.0 Å². The molecule has 0 atom stereocenters. The first-order chi connectivity index (χ1) is 14.3. The van der Waals surface area contributed by atoms with Gasteiger partial charge in [0.2, 0.25) is 0 Å². The number of nitrogens with zero attached hydrogens (tertiary/aromatic N) is 2. The zero-order valence-electron chi connectivity index (χ0n) is 18.2. The highest BCUT2D eigenvalue weighted by atomic mass is 32.3. The Hall–Kier alpha value is -2.78. The molecule has 0 spiro atoms. The molecule has 0 N–H and O–H groups in total. The Labute approximate surface area is 178 Å². The standard InChI is InChI=1S/C27H26N2S/c1-17-15-16-21-24-22(17)19-13-9-10-14-20(19)25-28-23(18-11-7-6-8-12-18)26(29(24)25)30(4,5)27(21,2)3/h6-16H,1-5H3. The van der Waals surface area contributed by atoms with Gasteiger partial charge in [0.15, 0.2) is 0 Å². The van der Waals surface area contributed by atoms with Gasteiger partial charge in [-0.15, -0.1) is 0 Å². The fourth-order valence-electron chi connectivity index (χ4n) is 5.21. The molecule has 0 unspecified atom stereocenters. The van der Waals surface area contributed by atoms with E-state index in [1.807, 2.05) is 0 Å². The van der Waals surface area contributed by atoms with Crippen LogP contribution in [0.25, 0.3) is 38.6 Å². The SMILES string of the molecule is Cc1ccc2c3c1c1ccccc1c1nc(-c4ccccc4)c(n13)S(C)(C)C2(C)C. The number of rotatable bonds is 1. The average Bonchev–Trinajstić information content (AvgIpc) is 3.15. The quantitative estimate of drug-likeness (QED) is 0.265. The van der Waals surface area contributed by atoms with Crippen LogP contribution in [0.15, 0.2) is 71.8 Å². The number of hydrogen-bond donors (Lipinski definition) is 0. The smallest absolute Gasteiger partial charge is 0.146 e. The van der Waals surface area contributed by atoms with Crippen LogP contribution in [0, 0.1) is 6.92 Å². The summed E-state index contributed by atoms with van der Waals surface area (Å²) in [5, 5.41) is 5.32. The van der Waals surface area contributed by atoms with E-state index in [4.69, 9.17) is 4.98 Å². The molecular formula is C27H26N2S. The van der Waals surface area contributed by atoms with Crippen molar-refractivity contribution in [1.82, 2.24) is 9.38 Å². The predicted molar refractivity (Wildman–Crippen MR) is 131 cm³/mol. The highest BCUT2D eigenvalue weighted by molar-refractivity contribution is 8.33. The number of imidazole rings is 1. The summed E-state index contributed by atoms with van der Waals surface area (Å²) in [6, 6.07) is 24.2. The van der Waals surface area contributed by atoms with Gasteiger partial charge >= 0.3 is 0 Å². The Morgan fingerprint density at radius 2 is 1.50 bits per heavy atom. The van der Waals surface area contributed by atoms with Crippen LogP contribution in [0.4, 0.5) is 0 Å². The maximum atomic E-state index is 5.34. The first-order valence-corrected chi connectivity index (χ1v) is 12.9. The monoisotopic (exact) mass is 410 g/mol. The number of benzene rings is 3. The second kappa shape index (κ2) is 5.67. The number of aryl methyl sites for hydroxylation is 1. The average molecular weight is 411 g/mol. The van der Waals surface area contributed by atoms with Gasteiger partial charge in [-0.3, -0.25) is 4.40 Å². The van der Waals surface area contributed by atoms with Gasteiger partial charge < -0.3 is 0 Å². The zero-order chi connectivity index (χ0) is 20.8. The van der Waals surface area contributed by atoms with Crippen molar-refractivity contribution < 1.29 is 0 Å². The molecule has 2 aromatic heterocycles. The molecule has 150 valence electrons. The lowest BCUT2D eigenvalue weighted by atomic mass is 9.93. The van der Waals surface area contributed by atoms with Crippen LogP contribution in [0.2, 0.25) is 0 Å². The van der Waals surface area contributed by atoms with Crippen LogP contribution < -0.4 is 0 Å². The van der Waals surface area contributed by atoms with E-state index in [1.165, 1.54) is 43.4 Å². The molecule has 1 aliphatic heterocycles. The number of hydrogen-bond acceptors (Lipinski definition) is 1. The van der Waals surface area contributed by atoms with Crippen molar-refractivity contribution in [2.75, 3.05) is 12.5 Å². The van der Waals surface area contributed by atoms with E-state index in [9.17, 15) is 0 Å². The number of pyridine rings is 1. The summed E-state index contributed by atoms with van der Waals surface area (Å²) in [6.45, 7) is 7.10. The van der Waals surface area contributed by atoms with Crippen molar-refractivity contribution >= 4 is 37.4 Å². The molecule has 0 saturated heterocycles. The minimum atomic E-state index is -1.19. The van der Waals surface area contributed by atoms with E-state index < -0.39 is 10.0 Å². The third-order valence-electron chi connectivity index (χ3n) is 7.34. The first kappa shape index (κ1) is 18.0. The molecule has 5 aromatic rings. The molecule has 0 amide bonds. The molecule has 0 fully saturated rings. The van der Waals surface area contributed by atoms with E-state index in [0.717, 1.165) is 11.3 Å². The van der Waals surface area contributed by atoms with Gasteiger partial charge in [0.05, 0.1) is 10.5 Å². The fraction of sp³-hybridized carbons (Fsp3) is 0.222. The molecule has 2 nitrogen and oxygen atoms in total. The third-order valence-corrected chi connectivity index (χ3v) is 11.5. The largest absolute Gasteiger partial charge is 0.287 e. The van der Waals surface area contributed by atoms with Crippen LogP contribution in [-0.2, 0) is 4.75 Å². The molecule has 0 saturated carbocycles. The number of aromatic nitrogens is 2. The lowest BCUT2D eigenvalue weighted by molar-refractivity contribution is 0.750. The Morgan fingerprint density at radius 1 is 0.833 bits per heavy atom. The molecular weight excluding hydrogens is 384 g/mol. The summed E-state index contributed by atoms with van der Waals surface area (Å²) in [5.74, 6) is 0. The summed E-state index contributed by atoms with van der Waals surface area (Å²) in [6.07, 6.45) is 4.93. The van der Waals surface area contributed by atoms with E-state index >= 15 is 0 Å². The van der Waals surface area contributed by atoms with E-state index in [0.29, 0.717) is 0 Å². The van der Waals surface area contributed by atoms with Crippen molar-refractivity contribution in [1.29, 1.82) is 0 Å². The first-order valence-electron chi connectivity index (χ1n) is 10.5. The molecule has 3 heterocycles. The Balaban J connectivity index is 1.99. The minimum absolute atomic E-state index is 0.0495. The van der Waals surface area contributed by atoms with Gasteiger partial charge in [-0.1, -0.05) is 66.7 Å². The molecule has 1 aliphatic rings. The molecule has 3 aromatic carbocycles. The summed E-state index contributed by atoms with van der Waals surface area (Å²) in [4.78, 5) is 5.34. The predicted octanol–water partition coefficient (Wildman–Crippen LogP) is 7.29. The summed E-state index contributed by atoms with van der Waals surface area (Å²) >= 11 is 0. The lowest BCUT2D eigenvalue weighted by Crippen LogP contribution is -2.30. The molecule has 6 rings (SSSR count). The second-order valence-electron chi connectivity index (χ2n) is 9.33. The molecule has 0 radical (unpaired) electrons. The van der Waals surface area contributed by atoms with Gasteiger partial charge in [0, 0.05) is 21.1 Å². The molecule has 0 aliphatic carbocycles. The summed E-state index contributed by atoms with van der Waals surface area (Å²) < 4.78 is 2.57. The molecule has 3 heteroatoms. The minimum Gasteiger partial charge on any atom is -0.287 e. The second-order valence-corrected chi connectivity index (χ2v) is 13.4. The van der Waals surface area contributed by atoms with Crippen LogP contribution in [-0.4, -0.2) is 21.9 Å².